The minimum Gasteiger partial charge on any atom is -0.456 e. The van der Waals surface area contributed by atoms with Gasteiger partial charge < -0.3 is 9.32 Å². The van der Waals surface area contributed by atoms with Gasteiger partial charge in [-0.05, 0) is 126 Å². The first-order valence-electron chi connectivity index (χ1n) is 23.1. The molecule has 3 aliphatic carbocycles. The molecule has 14 rings (SSSR count). The number of fused-ring (bicyclic) bond motifs is 16. The van der Waals surface area contributed by atoms with E-state index in [4.69, 9.17) is 4.42 Å². The summed E-state index contributed by atoms with van der Waals surface area (Å²) in [4.78, 5) is 2.55. The molecule has 2 heteroatoms. The van der Waals surface area contributed by atoms with E-state index in [-0.39, 0.29) is 5.41 Å². The summed E-state index contributed by atoms with van der Waals surface area (Å²) in [5.74, 6) is 0. The normalized spacial score (nSPS) is 14.2. The summed E-state index contributed by atoms with van der Waals surface area (Å²) < 4.78 is 7.11. The first-order valence-corrected chi connectivity index (χ1v) is 23.1. The van der Waals surface area contributed by atoms with E-state index in [2.05, 4.69) is 243 Å². The SMILES string of the molecule is CC1(C)c2ccccc2-c2ccc(N(c3ccc(-c4ccccc4)cc3)c3c4c(cc5oc6ccccc6c35)C3(c5ccccc5-c5ccccc53)c3cc(-c5ccccc5)ccc3-4)cc21. The van der Waals surface area contributed by atoms with Crippen LogP contribution in [0.4, 0.5) is 17.1 Å². The Morgan fingerprint density at radius 3 is 1.56 bits per heavy atom. The minimum absolute atomic E-state index is 0.192. The van der Waals surface area contributed by atoms with Gasteiger partial charge in [0.15, 0.2) is 0 Å². The fourth-order valence-electron chi connectivity index (χ4n) is 12.2. The lowest BCUT2D eigenvalue weighted by Crippen LogP contribution is -2.26. The minimum atomic E-state index is -0.616. The number of nitrogens with zero attached hydrogens (tertiary/aromatic N) is 1. The van der Waals surface area contributed by atoms with Crippen molar-refractivity contribution in [2.24, 2.45) is 0 Å². The van der Waals surface area contributed by atoms with Crippen LogP contribution < -0.4 is 4.90 Å². The van der Waals surface area contributed by atoms with Crippen LogP contribution in [-0.2, 0) is 10.8 Å². The van der Waals surface area contributed by atoms with Crippen molar-refractivity contribution in [1.29, 1.82) is 0 Å². The van der Waals surface area contributed by atoms with Crippen LogP contribution in [0.2, 0.25) is 0 Å². The number of hydrogen-bond donors (Lipinski definition) is 0. The molecule has 0 saturated carbocycles. The zero-order chi connectivity index (χ0) is 43.7. The van der Waals surface area contributed by atoms with Crippen LogP contribution in [-0.4, -0.2) is 0 Å². The third kappa shape index (κ3) is 4.96. The molecule has 0 N–H and O–H groups in total. The van der Waals surface area contributed by atoms with E-state index < -0.39 is 5.41 Å². The Morgan fingerprint density at radius 1 is 0.348 bits per heavy atom. The van der Waals surface area contributed by atoms with Gasteiger partial charge in [0, 0.05) is 27.7 Å². The smallest absolute Gasteiger partial charge is 0.137 e. The van der Waals surface area contributed by atoms with Gasteiger partial charge in [-0.15, -0.1) is 0 Å². The molecule has 0 amide bonds. The average molecular weight is 842 g/mol. The lowest BCUT2D eigenvalue weighted by molar-refractivity contribution is 0.660. The molecule has 2 nitrogen and oxygen atoms in total. The monoisotopic (exact) mass is 841 g/mol. The second-order valence-electron chi connectivity index (χ2n) is 18.7. The third-order valence-corrected chi connectivity index (χ3v) is 15.1. The average Bonchev–Trinajstić information content (AvgIpc) is 4.06. The largest absolute Gasteiger partial charge is 0.456 e. The molecule has 310 valence electrons. The lowest BCUT2D eigenvalue weighted by atomic mass is 9.70. The van der Waals surface area contributed by atoms with Crippen LogP contribution in [0.15, 0.2) is 229 Å². The highest BCUT2D eigenvalue weighted by Gasteiger charge is 2.53. The van der Waals surface area contributed by atoms with E-state index in [9.17, 15) is 0 Å². The maximum absolute atomic E-state index is 7.11. The van der Waals surface area contributed by atoms with E-state index in [1.165, 1.54) is 89.0 Å². The summed E-state index contributed by atoms with van der Waals surface area (Å²) in [6, 6.07) is 83.2. The van der Waals surface area contributed by atoms with Gasteiger partial charge in [-0.2, -0.15) is 0 Å². The fraction of sp³-hybridized carbons (Fsp3) is 0.0625. The summed E-state index contributed by atoms with van der Waals surface area (Å²) in [5, 5.41) is 2.20. The summed E-state index contributed by atoms with van der Waals surface area (Å²) in [6.07, 6.45) is 0. The molecule has 1 aromatic heterocycles. The van der Waals surface area contributed by atoms with E-state index in [0.717, 1.165) is 39.0 Å². The topological polar surface area (TPSA) is 16.4 Å². The van der Waals surface area contributed by atoms with E-state index in [1.54, 1.807) is 0 Å². The zero-order valence-electron chi connectivity index (χ0n) is 36.7. The Balaban J connectivity index is 1.14. The molecule has 0 unspecified atom stereocenters. The molecule has 66 heavy (non-hydrogen) atoms. The van der Waals surface area contributed by atoms with Crippen LogP contribution >= 0.6 is 0 Å². The molecule has 1 spiro atoms. The summed E-state index contributed by atoms with van der Waals surface area (Å²) in [5.41, 5.74) is 24.5. The number of rotatable bonds is 5. The van der Waals surface area contributed by atoms with Crippen molar-refractivity contribution in [3.05, 3.63) is 258 Å². The maximum Gasteiger partial charge on any atom is 0.137 e. The van der Waals surface area contributed by atoms with Crippen LogP contribution in [0.1, 0.15) is 47.2 Å². The standard InChI is InChI=1S/C64H43NO/c1-63(2)52-25-13-9-21-46(52)49-36-34-45(38-55(49)63)65(44-32-29-42(30-33-44)40-17-5-3-6-18-40)62-60-50-35-31-43(41-19-7-4-8-20-41)37-56(50)64(53-26-14-10-22-47(53)48-23-11-15-27-54(48)64)57(60)39-59-61(62)51-24-12-16-28-58(51)66-59/h3-39H,1-2H3. The molecule has 1 heterocycles. The molecule has 10 aromatic carbocycles. The molecule has 0 aliphatic heterocycles. The Bertz CT molecular complexity index is 3740. The van der Waals surface area contributed by atoms with Crippen LogP contribution in [0.3, 0.4) is 0 Å². The van der Waals surface area contributed by atoms with Gasteiger partial charge in [0.1, 0.15) is 11.2 Å². The highest BCUT2D eigenvalue weighted by Crippen LogP contribution is 2.67. The Morgan fingerprint density at radius 2 is 0.864 bits per heavy atom. The van der Waals surface area contributed by atoms with Crippen molar-refractivity contribution >= 4 is 39.0 Å². The van der Waals surface area contributed by atoms with E-state index >= 15 is 0 Å². The fourth-order valence-corrected chi connectivity index (χ4v) is 12.2. The van der Waals surface area contributed by atoms with Gasteiger partial charge in [0.05, 0.1) is 16.5 Å². The highest BCUT2D eigenvalue weighted by molar-refractivity contribution is 6.20. The second kappa shape index (κ2) is 13.7. The number of anilines is 3. The molecule has 0 radical (unpaired) electrons. The molecule has 0 bridgehead atoms. The maximum atomic E-state index is 7.11. The predicted octanol–water partition coefficient (Wildman–Crippen LogP) is 17.0. The number of para-hydroxylation sites is 1. The number of furan rings is 1. The highest BCUT2D eigenvalue weighted by atomic mass is 16.3. The first kappa shape index (κ1) is 37.2. The quantitative estimate of drug-likeness (QED) is 0.172. The van der Waals surface area contributed by atoms with Crippen molar-refractivity contribution in [3.63, 3.8) is 0 Å². The predicted molar refractivity (Wildman–Crippen MR) is 273 cm³/mol. The van der Waals surface area contributed by atoms with Crippen LogP contribution in [0.5, 0.6) is 0 Å². The third-order valence-electron chi connectivity index (χ3n) is 15.1. The molecule has 0 fully saturated rings. The van der Waals surface area contributed by atoms with E-state index in [1.807, 2.05) is 0 Å². The molecular weight excluding hydrogens is 799 g/mol. The molecule has 11 aromatic rings. The van der Waals surface area contributed by atoms with E-state index in [0.29, 0.717) is 0 Å². The Kier molecular flexibility index (Phi) is 7.70. The molecular formula is C64H43NO. The van der Waals surface area contributed by atoms with Crippen molar-refractivity contribution in [2.75, 3.05) is 4.90 Å². The molecule has 3 aliphatic rings. The number of hydrogen-bond acceptors (Lipinski definition) is 2. The van der Waals surface area contributed by atoms with Gasteiger partial charge >= 0.3 is 0 Å². The van der Waals surface area contributed by atoms with Gasteiger partial charge in [-0.25, -0.2) is 0 Å². The summed E-state index contributed by atoms with van der Waals surface area (Å²) >= 11 is 0. The second-order valence-corrected chi connectivity index (χ2v) is 18.7. The van der Waals surface area contributed by atoms with Crippen LogP contribution in [0.25, 0.3) is 77.6 Å². The van der Waals surface area contributed by atoms with Gasteiger partial charge in [0.2, 0.25) is 0 Å². The summed E-state index contributed by atoms with van der Waals surface area (Å²) in [7, 11) is 0. The molecule has 0 atom stereocenters. The Hall–Kier alpha value is -8.20. The van der Waals surface area contributed by atoms with Gasteiger partial charge in [-0.1, -0.05) is 196 Å². The van der Waals surface area contributed by atoms with Crippen molar-refractivity contribution in [3.8, 4) is 55.6 Å². The Labute approximate surface area is 384 Å². The van der Waals surface area contributed by atoms with Gasteiger partial charge in [0.25, 0.3) is 0 Å². The van der Waals surface area contributed by atoms with Crippen LogP contribution in [0, 0.1) is 0 Å². The first-order chi connectivity index (χ1) is 32.5. The van der Waals surface area contributed by atoms with Gasteiger partial charge in [-0.3, -0.25) is 0 Å². The van der Waals surface area contributed by atoms with Crippen molar-refractivity contribution in [2.45, 2.75) is 24.7 Å². The van der Waals surface area contributed by atoms with Crippen molar-refractivity contribution in [1.82, 2.24) is 0 Å². The lowest BCUT2D eigenvalue weighted by Gasteiger charge is -2.33. The molecule has 0 saturated heterocycles. The zero-order valence-corrected chi connectivity index (χ0v) is 36.7. The number of benzene rings is 10. The summed E-state index contributed by atoms with van der Waals surface area (Å²) in [6.45, 7) is 4.75. The van der Waals surface area contributed by atoms with Crippen molar-refractivity contribution < 1.29 is 4.42 Å².